The number of hydrogen-bond acceptors (Lipinski definition) is 2. The lowest BCUT2D eigenvalue weighted by atomic mass is 10.1. The molecule has 75 valence electrons. The number of primary amides is 1. The maximum atomic E-state index is 11.6. The van der Waals surface area contributed by atoms with Crippen LogP contribution in [0.1, 0.15) is 10.5 Å². The summed E-state index contributed by atoms with van der Waals surface area (Å²) in [6.45, 7) is 0. The molecule has 1 aromatic heterocycles. The molecule has 0 saturated carbocycles. The van der Waals surface area contributed by atoms with E-state index in [0.29, 0.717) is 15.2 Å². The van der Waals surface area contributed by atoms with Crippen molar-refractivity contribution in [2.75, 3.05) is 0 Å². The van der Waals surface area contributed by atoms with Gasteiger partial charge < -0.3 is 10.7 Å². The summed E-state index contributed by atoms with van der Waals surface area (Å²) < 4.78 is 0.687. The average molecular weight is 266 g/mol. The zero-order valence-electron chi connectivity index (χ0n) is 7.50. The molecule has 2 rings (SSSR count). The van der Waals surface area contributed by atoms with E-state index in [9.17, 15) is 9.59 Å². The normalized spacial score (nSPS) is 10.5. The number of aromatic amines is 1. The van der Waals surface area contributed by atoms with Crippen LogP contribution in [0.25, 0.3) is 10.8 Å². The summed E-state index contributed by atoms with van der Waals surface area (Å²) >= 11 is 3.21. The zero-order chi connectivity index (χ0) is 11.0. The molecule has 2 aromatic rings. The van der Waals surface area contributed by atoms with Gasteiger partial charge >= 0.3 is 0 Å². The number of pyridine rings is 1. The molecule has 1 amide bonds. The van der Waals surface area contributed by atoms with E-state index in [-0.39, 0.29) is 11.3 Å². The lowest BCUT2D eigenvalue weighted by molar-refractivity contribution is 0.0995. The molecule has 15 heavy (non-hydrogen) atoms. The van der Waals surface area contributed by atoms with Gasteiger partial charge in [-0.2, -0.15) is 0 Å². The van der Waals surface area contributed by atoms with Crippen molar-refractivity contribution in [3.8, 4) is 0 Å². The van der Waals surface area contributed by atoms with Crippen molar-refractivity contribution in [3.05, 3.63) is 44.8 Å². The Morgan fingerprint density at radius 3 is 2.87 bits per heavy atom. The fourth-order valence-electron chi connectivity index (χ4n) is 1.31. The van der Waals surface area contributed by atoms with E-state index >= 15 is 0 Å². The van der Waals surface area contributed by atoms with Crippen molar-refractivity contribution in [2.24, 2.45) is 5.73 Å². The molecule has 0 atom stereocenters. The van der Waals surface area contributed by atoms with Gasteiger partial charge in [0.25, 0.3) is 11.5 Å². The highest BCUT2D eigenvalue weighted by Gasteiger charge is 2.06. The van der Waals surface area contributed by atoms with E-state index in [1.165, 1.54) is 6.07 Å². The molecule has 0 aliphatic heterocycles. The summed E-state index contributed by atoms with van der Waals surface area (Å²) in [5.74, 6) is -0.656. The molecular formula is C10H6BrN2O2. The number of amides is 1. The minimum absolute atomic E-state index is 0.100. The maximum Gasteiger partial charge on any atom is 0.265 e. The van der Waals surface area contributed by atoms with Crippen LogP contribution >= 0.6 is 15.9 Å². The van der Waals surface area contributed by atoms with Crippen molar-refractivity contribution < 1.29 is 4.79 Å². The van der Waals surface area contributed by atoms with Crippen LogP contribution in [0, 0.1) is 6.07 Å². The van der Waals surface area contributed by atoms with Gasteiger partial charge in [-0.25, -0.2) is 0 Å². The smallest absolute Gasteiger partial charge is 0.265 e. The molecule has 1 radical (unpaired) electrons. The van der Waals surface area contributed by atoms with Crippen molar-refractivity contribution in [1.82, 2.24) is 4.98 Å². The van der Waals surface area contributed by atoms with Crippen molar-refractivity contribution in [2.45, 2.75) is 0 Å². The summed E-state index contributed by atoms with van der Waals surface area (Å²) in [5.41, 5.74) is 4.84. The second-order valence-corrected chi connectivity index (χ2v) is 3.88. The Bertz CT molecular complexity index is 604. The SMILES string of the molecule is NC(=O)c1cc2c[c]c(Br)cc2c(=O)[nH]1. The van der Waals surface area contributed by atoms with E-state index in [0.717, 1.165) is 0 Å². The molecule has 0 aliphatic carbocycles. The quantitative estimate of drug-likeness (QED) is 0.813. The Kier molecular flexibility index (Phi) is 2.32. The summed E-state index contributed by atoms with van der Waals surface area (Å²) in [4.78, 5) is 24.9. The maximum absolute atomic E-state index is 11.6. The monoisotopic (exact) mass is 265 g/mol. The van der Waals surface area contributed by atoms with Gasteiger partial charge in [0.15, 0.2) is 0 Å². The van der Waals surface area contributed by atoms with Crippen LogP contribution < -0.4 is 11.3 Å². The second-order valence-electron chi connectivity index (χ2n) is 3.03. The summed E-state index contributed by atoms with van der Waals surface area (Å²) in [5, 5.41) is 1.13. The number of hydrogen-bond donors (Lipinski definition) is 2. The first kappa shape index (κ1) is 9.92. The van der Waals surface area contributed by atoms with E-state index in [4.69, 9.17) is 5.73 Å². The first-order valence-electron chi connectivity index (χ1n) is 4.12. The van der Waals surface area contributed by atoms with Crippen LogP contribution in [0.5, 0.6) is 0 Å². The number of nitrogens with one attached hydrogen (secondary N) is 1. The van der Waals surface area contributed by atoms with Gasteiger partial charge in [0.2, 0.25) is 0 Å². The van der Waals surface area contributed by atoms with E-state index in [2.05, 4.69) is 27.0 Å². The number of carbonyl (C=O) groups excluding carboxylic acids is 1. The minimum Gasteiger partial charge on any atom is -0.364 e. The van der Waals surface area contributed by atoms with Crippen LogP contribution in [0.2, 0.25) is 0 Å². The zero-order valence-corrected chi connectivity index (χ0v) is 9.09. The number of nitrogens with two attached hydrogens (primary N) is 1. The fraction of sp³-hybridized carbons (Fsp3) is 0. The van der Waals surface area contributed by atoms with Gasteiger partial charge in [-0.1, -0.05) is 15.9 Å². The van der Waals surface area contributed by atoms with Crippen molar-refractivity contribution >= 4 is 32.6 Å². The van der Waals surface area contributed by atoms with Gasteiger partial charge in [0.05, 0.1) is 0 Å². The predicted octanol–water partition coefficient (Wildman–Crippen LogP) is 1.19. The largest absolute Gasteiger partial charge is 0.364 e. The highest BCUT2D eigenvalue weighted by Crippen LogP contribution is 2.16. The number of H-pyrrole nitrogens is 1. The van der Waals surface area contributed by atoms with Gasteiger partial charge in [0.1, 0.15) is 5.69 Å². The Morgan fingerprint density at radius 2 is 2.20 bits per heavy atom. The lowest BCUT2D eigenvalue weighted by Crippen LogP contribution is -2.18. The third kappa shape index (κ3) is 1.78. The molecule has 1 aromatic carbocycles. The van der Waals surface area contributed by atoms with E-state index < -0.39 is 5.91 Å². The standard InChI is InChI=1S/C10H6BrN2O2/c11-6-2-1-5-3-8(9(12)14)13-10(15)7(5)4-6/h1,3-4H,(H2,12,14)(H,13,15). The predicted molar refractivity (Wildman–Crippen MR) is 59.6 cm³/mol. The number of fused-ring (bicyclic) bond motifs is 1. The lowest BCUT2D eigenvalue weighted by Gasteiger charge is -2.00. The Balaban J connectivity index is 2.84. The third-order valence-corrected chi connectivity index (χ3v) is 2.46. The van der Waals surface area contributed by atoms with Gasteiger partial charge in [-0.05, 0) is 29.7 Å². The van der Waals surface area contributed by atoms with Gasteiger partial charge in [-0.15, -0.1) is 0 Å². The first-order chi connectivity index (χ1) is 7.08. The number of benzene rings is 1. The topological polar surface area (TPSA) is 76.0 Å². The number of halogens is 1. The highest BCUT2D eigenvalue weighted by atomic mass is 79.9. The molecule has 0 fully saturated rings. The fourth-order valence-corrected chi connectivity index (χ4v) is 1.65. The van der Waals surface area contributed by atoms with Crippen LogP contribution in [0.4, 0.5) is 0 Å². The van der Waals surface area contributed by atoms with Crippen LogP contribution in [-0.2, 0) is 0 Å². The Labute approximate surface area is 93.2 Å². The average Bonchev–Trinajstić information content (AvgIpc) is 2.18. The molecule has 0 unspecified atom stereocenters. The van der Waals surface area contributed by atoms with Crippen molar-refractivity contribution in [1.29, 1.82) is 0 Å². The van der Waals surface area contributed by atoms with E-state index in [1.807, 2.05) is 0 Å². The Hall–Kier alpha value is -1.62. The highest BCUT2D eigenvalue weighted by molar-refractivity contribution is 9.10. The number of rotatable bonds is 1. The molecule has 0 bridgehead atoms. The number of aromatic nitrogens is 1. The summed E-state index contributed by atoms with van der Waals surface area (Å²) in [7, 11) is 0. The first-order valence-corrected chi connectivity index (χ1v) is 4.91. The van der Waals surface area contributed by atoms with Crippen molar-refractivity contribution in [3.63, 3.8) is 0 Å². The molecule has 4 nitrogen and oxygen atoms in total. The Morgan fingerprint density at radius 1 is 1.47 bits per heavy atom. The molecule has 0 aliphatic rings. The van der Waals surface area contributed by atoms with Gasteiger partial charge in [-0.3, -0.25) is 9.59 Å². The second kappa shape index (κ2) is 3.51. The molecule has 0 spiro atoms. The number of carbonyl (C=O) groups is 1. The summed E-state index contributed by atoms with van der Waals surface area (Å²) in [6, 6.07) is 7.67. The molecule has 0 saturated heterocycles. The molecule has 1 heterocycles. The molecule has 5 heteroatoms. The molecular weight excluding hydrogens is 260 g/mol. The van der Waals surface area contributed by atoms with E-state index in [1.54, 1.807) is 12.1 Å². The summed E-state index contributed by atoms with van der Waals surface area (Å²) in [6.07, 6.45) is 0. The van der Waals surface area contributed by atoms with Crippen LogP contribution in [0.15, 0.2) is 27.5 Å². The van der Waals surface area contributed by atoms with Crippen LogP contribution in [-0.4, -0.2) is 10.9 Å². The van der Waals surface area contributed by atoms with Crippen LogP contribution in [0.3, 0.4) is 0 Å². The molecule has 3 N–H and O–H groups in total. The third-order valence-electron chi connectivity index (χ3n) is 2.01. The minimum atomic E-state index is -0.656. The van der Waals surface area contributed by atoms with Gasteiger partial charge in [0, 0.05) is 9.86 Å².